The molecule has 0 bridgehead atoms. The summed E-state index contributed by atoms with van der Waals surface area (Å²) in [6.07, 6.45) is 0. The smallest absolute Gasteiger partial charge is 0.302 e. The van der Waals surface area contributed by atoms with E-state index in [9.17, 15) is 23.5 Å². The van der Waals surface area contributed by atoms with Crippen LogP contribution in [0.2, 0.25) is 0 Å². The molecule has 2 N–H and O–H groups in total. The van der Waals surface area contributed by atoms with E-state index < -0.39 is 35.1 Å². The number of anilines is 1. The minimum absolute atomic E-state index is 0.00168. The molecule has 2 heterocycles. The number of aromatic amines is 1. The molecule has 7 nitrogen and oxygen atoms in total. The van der Waals surface area contributed by atoms with E-state index in [1.54, 1.807) is 30.3 Å². The van der Waals surface area contributed by atoms with Crippen LogP contribution in [-0.2, 0) is 9.59 Å². The predicted molar refractivity (Wildman–Crippen MR) is 120 cm³/mol. The number of benzene rings is 3. The van der Waals surface area contributed by atoms with Crippen LogP contribution in [0.3, 0.4) is 0 Å². The van der Waals surface area contributed by atoms with Crippen LogP contribution in [0.25, 0.3) is 16.8 Å². The van der Waals surface area contributed by atoms with Crippen molar-refractivity contribution in [3.63, 3.8) is 0 Å². The fourth-order valence-electron chi connectivity index (χ4n) is 4.09. The van der Waals surface area contributed by atoms with Gasteiger partial charge in [0, 0.05) is 0 Å². The first-order valence-electron chi connectivity index (χ1n) is 10.2. The van der Waals surface area contributed by atoms with Gasteiger partial charge in [-0.05, 0) is 42.0 Å². The highest BCUT2D eigenvalue weighted by Gasteiger charge is 2.48. The predicted octanol–water partition coefficient (Wildman–Crippen LogP) is 4.48. The number of carbonyl (C=O) groups excluding carboxylic acids is 2. The van der Waals surface area contributed by atoms with Crippen molar-refractivity contribution in [2.24, 2.45) is 0 Å². The number of H-pyrrole nitrogens is 1. The lowest BCUT2D eigenvalue weighted by molar-refractivity contribution is -0.132. The van der Waals surface area contributed by atoms with Gasteiger partial charge in [0.2, 0.25) is 5.95 Å². The summed E-state index contributed by atoms with van der Waals surface area (Å²) < 4.78 is 32.9. The average molecular weight is 461 g/mol. The number of nitrogens with one attached hydrogen (secondary N) is 1. The summed E-state index contributed by atoms with van der Waals surface area (Å²) in [6.45, 7) is 0. The maximum atomic E-state index is 14.0. The van der Waals surface area contributed by atoms with Gasteiger partial charge >= 0.3 is 5.91 Å². The highest BCUT2D eigenvalue weighted by molar-refractivity contribution is 6.51. The van der Waals surface area contributed by atoms with Crippen molar-refractivity contribution < 1.29 is 28.2 Å². The Kier molecular flexibility index (Phi) is 5.09. The van der Waals surface area contributed by atoms with Crippen molar-refractivity contribution in [1.29, 1.82) is 0 Å². The maximum absolute atomic E-state index is 14.0. The Morgan fingerprint density at radius 3 is 2.47 bits per heavy atom. The molecule has 0 aliphatic carbocycles. The molecule has 1 fully saturated rings. The standard InChI is InChI=1S/C25H17F2N3O4/c1-34-19-10-8-14(26)11-16(19)22(31)20-21(13-5-3-2-4-6-13)30(24(33)23(20)32)25-28-17-9-7-15(27)12-18(17)29-25/h2-12,21,31H,1H3,(H,28,29)/b22-20+. The number of aliphatic hydroxyl groups is 1. The van der Waals surface area contributed by atoms with Crippen LogP contribution in [0.4, 0.5) is 14.7 Å². The number of rotatable bonds is 4. The molecule has 0 radical (unpaired) electrons. The highest BCUT2D eigenvalue weighted by atomic mass is 19.1. The maximum Gasteiger partial charge on any atom is 0.302 e. The first-order valence-corrected chi connectivity index (χ1v) is 10.2. The molecule has 1 saturated heterocycles. The first-order chi connectivity index (χ1) is 16.4. The summed E-state index contributed by atoms with van der Waals surface area (Å²) in [5.74, 6) is -3.56. The van der Waals surface area contributed by atoms with E-state index in [1.165, 1.54) is 31.4 Å². The van der Waals surface area contributed by atoms with Gasteiger partial charge in [0.25, 0.3) is 5.78 Å². The monoisotopic (exact) mass is 461 g/mol. The number of methoxy groups -OCH3 is 1. The SMILES string of the molecule is COc1ccc(F)cc1/C(O)=C1\C(=O)C(=O)N(c2nc3ccc(F)cc3[nH]2)C1c1ccccc1. The van der Waals surface area contributed by atoms with E-state index in [4.69, 9.17) is 4.74 Å². The summed E-state index contributed by atoms with van der Waals surface area (Å²) in [6, 6.07) is 14.8. The molecule has 0 saturated carbocycles. The highest BCUT2D eigenvalue weighted by Crippen LogP contribution is 2.42. The Morgan fingerprint density at radius 1 is 1.03 bits per heavy atom. The Morgan fingerprint density at radius 2 is 1.74 bits per heavy atom. The van der Waals surface area contributed by atoms with E-state index in [0.29, 0.717) is 16.6 Å². The molecule has 1 aromatic heterocycles. The number of ketones is 1. The van der Waals surface area contributed by atoms with Crippen LogP contribution in [0.5, 0.6) is 5.75 Å². The summed E-state index contributed by atoms with van der Waals surface area (Å²) in [5, 5.41) is 11.2. The Labute approximate surface area is 191 Å². The quantitative estimate of drug-likeness (QED) is 0.266. The molecule has 0 spiro atoms. The fraction of sp³-hybridized carbons (Fsp3) is 0.0800. The number of hydrogen-bond acceptors (Lipinski definition) is 5. The second-order valence-corrected chi connectivity index (χ2v) is 7.65. The zero-order chi connectivity index (χ0) is 24.0. The molecular formula is C25H17F2N3O4. The molecule has 1 atom stereocenters. The Bertz CT molecular complexity index is 1480. The molecular weight excluding hydrogens is 444 g/mol. The number of amides is 1. The van der Waals surface area contributed by atoms with Gasteiger partial charge in [-0.15, -0.1) is 0 Å². The number of ether oxygens (including phenoxy) is 1. The number of fused-ring (bicyclic) bond motifs is 1. The molecule has 9 heteroatoms. The van der Waals surface area contributed by atoms with Gasteiger partial charge < -0.3 is 14.8 Å². The van der Waals surface area contributed by atoms with Crippen molar-refractivity contribution in [3.05, 3.63) is 95.1 Å². The molecule has 1 amide bonds. The van der Waals surface area contributed by atoms with Crippen LogP contribution in [0, 0.1) is 11.6 Å². The molecule has 170 valence electrons. The molecule has 1 aliphatic rings. The van der Waals surface area contributed by atoms with Crippen molar-refractivity contribution in [2.75, 3.05) is 12.0 Å². The lowest BCUT2D eigenvalue weighted by Gasteiger charge is -2.23. The fourth-order valence-corrected chi connectivity index (χ4v) is 4.09. The summed E-state index contributed by atoms with van der Waals surface area (Å²) in [5.41, 5.74) is 0.887. The minimum Gasteiger partial charge on any atom is -0.507 e. The third-order valence-electron chi connectivity index (χ3n) is 5.64. The number of halogens is 2. The van der Waals surface area contributed by atoms with Gasteiger partial charge in [-0.3, -0.25) is 14.5 Å². The zero-order valence-electron chi connectivity index (χ0n) is 17.8. The number of nitrogens with zero attached hydrogens (tertiary/aromatic N) is 2. The van der Waals surface area contributed by atoms with Crippen LogP contribution in [0.15, 0.2) is 72.3 Å². The number of aromatic nitrogens is 2. The average Bonchev–Trinajstić information content (AvgIpc) is 3.37. The van der Waals surface area contributed by atoms with Gasteiger partial charge in [-0.1, -0.05) is 30.3 Å². The van der Waals surface area contributed by atoms with E-state index in [2.05, 4.69) is 9.97 Å². The molecule has 1 unspecified atom stereocenters. The zero-order valence-corrected chi connectivity index (χ0v) is 17.8. The second-order valence-electron chi connectivity index (χ2n) is 7.65. The second kappa shape index (κ2) is 8.11. The number of imidazole rings is 1. The number of aliphatic hydroxyl groups excluding tert-OH is 1. The number of hydrogen-bond donors (Lipinski definition) is 2. The van der Waals surface area contributed by atoms with E-state index in [0.717, 1.165) is 17.0 Å². The third-order valence-corrected chi connectivity index (χ3v) is 5.64. The van der Waals surface area contributed by atoms with E-state index >= 15 is 0 Å². The Hall–Kier alpha value is -4.53. The normalized spacial score (nSPS) is 17.5. The van der Waals surface area contributed by atoms with E-state index in [-0.39, 0.29) is 22.8 Å². The number of Topliss-reactive ketones (excluding diaryl/α,β-unsaturated/α-hetero) is 1. The van der Waals surface area contributed by atoms with Crippen LogP contribution in [0.1, 0.15) is 17.2 Å². The van der Waals surface area contributed by atoms with Gasteiger partial charge in [0.15, 0.2) is 0 Å². The summed E-state index contributed by atoms with van der Waals surface area (Å²) in [4.78, 5) is 34.7. The van der Waals surface area contributed by atoms with E-state index in [1.807, 2.05) is 0 Å². The van der Waals surface area contributed by atoms with Crippen molar-refractivity contribution in [2.45, 2.75) is 6.04 Å². The Balaban J connectivity index is 1.75. The summed E-state index contributed by atoms with van der Waals surface area (Å²) in [7, 11) is 1.34. The van der Waals surface area contributed by atoms with Gasteiger partial charge in [0.1, 0.15) is 23.1 Å². The molecule has 4 aromatic rings. The third kappa shape index (κ3) is 3.38. The van der Waals surface area contributed by atoms with Gasteiger partial charge in [-0.2, -0.15) is 0 Å². The van der Waals surface area contributed by atoms with Crippen LogP contribution >= 0.6 is 0 Å². The van der Waals surface area contributed by atoms with Crippen molar-refractivity contribution in [1.82, 2.24) is 9.97 Å². The van der Waals surface area contributed by atoms with Gasteiger partial charge in [-0.25, -0.2) is 13.8 Å². The number of carbonyl (C=O) groups is 2. The largest absolute Gasteiger partial charge is 0.507 e. The first kappa shape index (κ1) is 21.3. The van der Waals surface area contributed by atoms with Crippen LogP contribution in [-0.4, -0.2) is 33.9 Å². The molecule has 34 heavy (non-hydrogen) atoms. The summed E-state index contributed by atoms with van der Waals surface area (Å²) >= 11 is 0. The van der Waals surface area contributed by atoms with Crippen LogP contribution < -0.4 is 9.64 Å². The molecule has 1 aliphatic heterocycles. The van der Waals surface area contributed by atoms with Crippen molar-refractivity contribution in [3.8, 4) is 5.75 Å². The topological polar surface area (TPSA) is 95.5 Å². The molecule has 5 rings (SSSR count). The van der Waals surface area contributed by atoms with Crippen molar-refractivity contribution >= 4 is 34.4 Å². The van der Waals surface area contributed by atoms with Gasteiger partial charge in [0.05, 0.1) is 35.3 Å². The molecule has 3 aromatic carbocycles. The lowest BCUT2D eigenvalue weighted by Crippen LogP contribution is -2.30. The lowest BCUT2D eigenvalue weighted by atomic mass is 9.95. The minimum atomic E-state index is -1.08.